The lowest BCUT2D eigenvalue weighted by Crippen LogP contribution is -2.28. The molecule has 6 heteroatoms. The summed E-state index contributed by atoms with van der Waals surface area (Å²) in [6.07, 6.45) is 3.82. The van der Waals surface area contributed by atoms with E-state index in [-0.39, 0.29) is 24.2 Å². The zero-order valence-corrected chi connectivity index (χ0v) is 15.4. The van der Waals surface area contributed by atoms with E-state index in [1.54, 1.807) is 22.9 Å². The van der Waals surface area contributed by atoms with Crippen molar-refractivity contribution < 1.29 is 9.59 Å². The lowest BCUT2D eigenvalue weighted by atomic mass is 10.1. The molecular weight excluding hydrogens is 334 g/mol. The van der Waals surface area contributed by atoms with Crippen LogP contribution in [0.4, 0.5) is 11.4 Å². The Morgan fingerprint density at radius 3 is 2.76 bits per heavy atom. The van der Waals surface area contributed by atoms with E-state index in [1.807, 2.05) is 50.4 Å². The number of thioether (sulfide) groups is 1. The number of nitrogens with one attached hydrogen (secondary N) is 1. The third-order valence-electron chi connectivity index (χ3n) is 4.58. The molecule has 0 bridgehead atoms. The van der Waals surface area contributed by atoms with Crippen LogP contribution >= 0.6 is 11.8 Å². The van der Waals surface area contributed by atoms with Gasteiger partial charge in [-0.15, -0.1) is 11.8 Å². The van der Waals surface area contributed by atoms with Crippen molar-refractivity contribution in [2.24, 2.45) is 5.92 Å². The number of hydrogen-bond donors (Lipinski definition) is 1. The van der Waals surface area contributed by atoms with Gasteiger partial charge in [0.25, 0.3) is 0 Å². The van der Waals surface area contributed by atoms with Crippen molar-refractivity contribution in [3.63, 3.8) is 0 Å². The Balaban J connectivity index is 1.71. The Morgan fingerprint density at radius 2 is 2.08 bits per heavy atom. The average molecular weight is 355 g/mol. The van der Waals surface area contributed by atoms with Crippen molar-refractivity contribution in [1.82, 2.24) is 4.98 Å². The normalized spacial score (nSPS) is 17.0. The molecule has 1 aliphatic heterocycles. The first-order valence-corrected chi connectivity index (χ1v) is 9.39. The maximum absolute atomic E-state index is 12.5. The Bertz CT molecular complexity index is 805. The third-order valence-corrected chi connectivity index (χ3v) is 5.24. The van der Waals surface area contributed by atoms with Crippen molar-refractivity contribution in [2.45, 2.75) is 25.3 Å². The summed E-state index contributed by atoms with van der Waals surface area (Å²) < 4.78 is 0. The van der Waals surface area contributed by atoms with Crippen LogP contribution in [-0.2, 0) is 9.59 Å². The largest absolute Gasteiger partial charge is 0.324 e. The summed E-state index contributed by atoms with van der Waals surface area (Å²) >= 11 is 1.55. The molecule has 25 heavy (non-hydrogen) atoms. The minimum absolute atomic E-state index is 0.00953. The Labute approximate surface area is 151 Å². The number of pyridine rings is 1. The van der Waals surface area contributed by atoms with E-state index in [4.69, 9.17) is 0 Å². The summed E-state index contributed by atoms with van der Waals surface area (Å²) in [7, 11) is 0. The molecule has 1 aromatic heterocycles. The fourth-order valence-electron chi connectivity index (χ4n) is 2.96. The molecule has 2 amide bonds. The van der Waals surface area contributed by atoms with Gasteiger partial charge in [-0.05, 0) is 49.4 Å². The molecule has 0 aliphatic carbocycles. The first-order valence-electron chi connectivity index (χ1n) is 8.17. The van der Waals surface area contributed by atoms with E-state index < -0.39 is 0 Å². The quantitative estimate of drug-likeness (QED) is 0.854. The average Bonchev–Trinajstić information content (AvgIpc) is 3.00. The highest BCUT2D eigenvalue weighted by Gasteiger charge is 2.35. The van der Waals surface area contributed by atoms with Crippen LogP contribution in [0.15, 0.2) is 41.6 Å². The van der Waals surface area contributed by atoms with E-state index >= 15 is 0 Å². The minimum atomic E-state index is -0.354. The first-order chi connectivity index (χ1) is 12.0. The number of carbonyl (C=O) groups is 2. The molecule has 0 spiro atoms. The van der Waals surface area contributed by atoms with Gasteiger partial charge in [-0.3, -0.25) is 9.59 Å². The number of amides is 2. The van der Waals surface area contributed by atoms with Gasteiger partial charge in [0.2, 0.25) is 11.8 Å². The zero-order chi connectivity index (χ0) is 18.0. The molecule has 1 N–H and O–H groups in total. The number of aromatic nitrogens is 1. The van der Waals surface area contributed by atoms with Crippen molar-refractivity contribution in [3.05, 3.63) is 47.7 Å². The van der Waals surface area contributed by atoms with Gasteiger partial charge < -0.3 is 10.2 Å². The SMILES string of the molecule is CSc1ccc(NC(=O)C2CC(=O)N(c3cccc(C)c3C)C2)cn1. The standard InChI is InChI=1S/C19H21N3O2S/c1-12-5-4-6-16(13(12)2)22-11-14(9-18(22)23)19(24)21-15-7-8-17(25-3)20-10-15/h4-8,10,14H,9,11H2,1-3H3,(H,21,24). The summed E-state index contributed by atoms with van der Waals surface area (Å²) in [5, 5.41) is 3.76. The lowest BCUT2D eigenvalue weighted by Gasteiger charge is -2.20. The summed E-state index contributed by atoms with van der Waals surface area (Å²) in [6.45, 7) is 4.43. The first kappa shape index (κ1) is 17.5. The van der Waals surface area contributed by atoms with Crippen LogP contribution in [0.2, 0.25) is 0 Å². The molecule has 130 valence electrons. The maximum Gasteiger partial charge on any atom is 0.229 e. The van der Waals surface area contributed by atoms with Crippen molar-refractivity contribution in [3.8, 4) is 0 Å². The van der Waals surface area contributed by atoms with E-state index in [0.717, 1.165) is 21.8 Å². The fourth-order valence-corrected chi connectivity index (χ4v) is 3.33. The molecule has 1 unspecified atom stereocenters. The van der Waals surface area contributed by atoms with Gasteiger partial charge in [0.05, 0.1) is 22.8 Å². The third kappa shape index (κ3) is 3.69. The van der Waals surface area contributed by atoms with Crippen LogP contribution in [0.25, 0.3) is 0 Å². The maximum atomic E-state index is 12.5. The molecule has 1 aromatic carbocycles. The molecule has 5 nitrogen and oxygen atoms in total. The highest BCUT2D eigenvalue weighted by molar-refractivity contribution is 7.98. The summed E-state index contributed by atoms with van der Waals surface area (Å²) in [5.74, 6) is -0.503. The minimum Gasteiger partial charge on any atom is -0.324 e. The number of aryl methyl sites for hydroxylation is 1. The van der Waals surface area contributed by atoms with Crippen molar-refractivity contribution >= 4 is 35.0 Å². The molecule has 0 saturated carbocycles. The molecule has 1 fully saturated rings. The van der Waals surface area contributed by atoms with E-state index in [2.05, 4.69) is 10.3 Å². The second-order valence-electron chi connectivity index (χ2n) is 6.20. The molecule has 1 aliphatic rings. The predicted molar refractivity (Wildman–Crippen MR) is 101 cm³/mol. The fraction of sp³-hybridized carbons (Fsp3) is 0.316. The second kappa shape index (κ2) is 7.27. The number of anilines is 2. The smallest absolute Gasteiger partial charge is 0.229 e. The van der Waals surface area contributed by atoms with Crippen molar-refractivity contribution in [2.75, 3.05) is 23.0 Å². The number of rotatable bonds is 4. The zero-order valence-electron chi connectivity index (χ0n) is 14.6. The molecule has 2 heterocycles. The molecule has 0 radical (unpaired) electrons. The van der Waals surface area contributed by atoms with Crippen LogP contribution in [-0.4, -0.2) is 29.6 Å². The van der Waals surface area contributed by atoms with Gasteiger partial charge >= 0.3 is 0 Å². The Kier molecular flexibility index (Phi) is 5.08. The lowest BCUT2D eigenvalue weighted by molar-refractivity contribution is -0.122. The predicted octanol–water partition coefficient (Wildman–Crippen LogP) is 3.41. The molecule has 3 rings (SSSR count). The number of benzene rings is 1. The highest BCUT2D eigenvalue weighted by atomic mass is 32.2. The Hall–Kier alpha value is -2.34. The second-order valence-corrected chi connectivity index (χ2v) is 7.03. The number of hydrogen-bond acceptors (Lipinski definition) is 4. The van der Waals surface area contributed by atoms with Crippen LogP contribution in [0.1, 0.15) is 17.5 Å². The van der Waals surface area contributed by atoms with Gasteiger partial charge in [0, 0.05) is 18.7 Å². The van der Waals surface area contributed by atoms with E-state index in [1.165, 1.54) is 0 Å². The summed E-state index contributed by atoms with van der Waals surface area (Å²) in [6, 6.07) is 9.59. The van der Waals surface area contributed by atoms with Crippen LogP contribution in [0.5, 0.6) is 0 Å². The van der Waals surface area contributed by atoms with Gasteiger partial charge in [-0.2, -0.15) is 0 Å². The molecular formula is C19H21N3O2S. The number of nitrogens with zero attached hydrogens (tertiary/aromatic N) is 2. The molecule has 1 atom stereocenters. The van der Waals surface area contributed by atoms with E-state index in [0.29, 0.717) is 12.2 Å². The molecule has 2 aromatic rings. The number of carbonyl (C=O) groups excluding carboxylic acids is 2. The molecule has 1 saturated heterocycles. The van der Waals surface area contributed by atoms with Gasteiger partial charge in [0.1, 0.15) is 0 Å². The van der Waals surface area contributed by atoms with Crippen LogP contribution in [0, 0.1) is 19.8 Å². The van der Waals surface area contributed by atoms with Crippen molar-refractivity contribution in [1.29, 1.82) is 0 Å². The van der Waals surface area contributed by atoms with Crippen LogP contribution in [0.3, 0.4) is 0 Å². The van der Waals surface area contributed by atoms with Crippen LogP contribution < -0.4 is 10.2 Å². The summed E-state index contributed by atoms with van der Waals surface area (Å²) in [5.41, 5.74) is 3.76. The monoisotopic (exact) mass is 355 g/mol. The topological polar surface area (TPSA) is 62.3 Å². The van der Waals surface area contributed by atoms with Gasteiger partial charge in [-0.25, -0.2) is 4.98 Å². The van der Waals surface area contributed by atoms with Gasteiger partial charge in [0.15, 0.2) is 0 Å². The summed E-state index contributed by atoms with van der Waals surface area (Å²) in [4.78, 5) is 30.9. The Morgan fingerprint density at radius 1 is 1.28 bits per heavy atom. The van der Waals surface area contributed by atoms with Gasteiger partial charge in [-0.1, -0.05) is 12.1 Å². The van der Waals surface area contributed by atoms with E-state index in [9.17, 15) is 9.59 Å². The highest BCUT2D eigenvalue weighted by Crippen LogP contribution is 2.30.